The fourth-order valence-electron chi connectivity index (χ4n) is 2.78. The van der Waals surface area contributed by atoms with Crippen molar-refractivity contribution in [2.24, 2.45) is 0 Å². The fourth-order valence-corrected chi connectivity index (χ4v) is 3.07. The van der Waals surface area contributed by atoms with Gasteiger partial charge in [-0.25, -0.2) is 0 Å². The van der Waals surface area contributed by atoms with Crippen LogP contribution in [-0.2, 0) is 13.2 Å². The van der Waals surface area contributed by atoms with Crippen LogP contribution < -0.4 is 39.6 Å². The predicted octanol–water partition coefficient (Wildman–Crippen LogP) is -0.819. The Morgan fingerprint density at radius 3 is 2.45 bits per heavy atom. The molecule has 0 aliphatic carbocycles. The zero-order chi connectivity index (χ0) is 19.1. The molecule has 1 atom stereocenters. The van der Waals surface area contributed by atoms with Crippen molar-refractivity contribution in [3.8, 4) is 11.5 Å². The first-order chi connectivity index (χ1) is 13.2. The monoisotopic (exact) mass is 452 g/mol. The molecule has 4 nitrogen and oxygen atoms in total. The summed E-state index contributed by atoms with van der Waals surface area (Å²) in [5, 5.41) is 4.04. The predicted molar refractivity (Wildman–Crippen MR) is 108 cm³/mol. The van der Waals surface area contributed by atoms with Gasteiger partial charge in [0.25, 0.3) is 0 Å². The van der Waals surface area contributed by atoms with Crippen LogP contribution in [0.1, 0.15) is 29.7 Å². The maximum atomic E-state index is 6.46. The van der Waals surface area contributed by atoms with Crippen molar-refractivity contribution in [2.75, 3.05) is 7.11 Å². The van der Waals surface area contributed by atoms with E-state index in [0.717, 1.165) is 11.1 Å². The lowest BCUT2D eigenvalue weighted by atomic mass is 10.1. The highest BCUT2D eigenvalue weighted by molar-refractivity contribution is 6.32. The summed E-state index contributed by atoms with van der Waals surface area (Å²) in [5.41, 5.74) is 3.25. The minimum absolute atomic E-state index is 0. The fraction of sp³-hybridized carbons (Fsp3) is 0.227. The smallest absolute Gasteiger partial charge is 0.180 e. The summed E-state index contributed by atoms with van der Waals surface area (Å²) in [5.74, 6) is 1.17. The van der Waals surface area contributed by atoms with Crippen molar-refractivity contribution in [3.05, 3.63) is 88.7 Å². The topological polar surface area (TPSA) is 43.4 Å². The molecule has 29 heavy (non-hydrogen) atoms. The Labute approximate surface area is 189 Å². The van der Waals surface area contributed by atoms with Gasteiger partial charge in [-0.05, 0) is 36.2 Å². The molecule has 0 spiro atoms. The van der Waals surface area contributed by atoms with E-state index in [4.69, 9.17) is 21.1 Å². The van der Waals surface area contributed by atoms with E-state index in [1.54, 1.807) is 19.5 Å². The summed E-state index contributed by atoms with van der Waals surface area (Å²) < 4.78 is 11.4. The van der Waals surface area contributed by atoms with Gasteiger partial charge in [-0.2, -0.15) is 0 Å². The van der Waals surface area contributed by atoms with E-state index < -0.39 is 0 Å². The van der Waals surface area contributed by atoms with Crippen molar-refractivity contribution in [2.45, 2.75) is 26.1 Å². The van der Waals surface area contributed by atoms with Crippen LogP contribution >= 0.6 is 11.6 Å². The molecular formula is C22H23Cl3N2O2-2. The van der Waals surface area contributed by atoms with E-state index in [0.29, 0.717) is 29.7 Å². The van der Waals surface area contributed by atoms with Gasteiger partial charge in [0.05, 0.1) is 12.1 Å². The van der Waals surface area contributed by atoms with Crippen molar-refractivity contribution in [1.29, 1.82) is 0 Å². The Morgan fingerprint density at radius 1 is 1.03 bits per heavy atom. The second-order valence-electron chi connectivity index (χ2n) is 6.27. The van der Waals surface area contributed by atoms with Crippen LogP contribution in [0.5, 0.6) is 11.5 Å². The number of pyridine rings is 1. The Balaban J connectivity index is 0.00000210. The Bertz CT molecular complexity index is 865. The quantitative estimate of drug-likeness (QED) is 0.484. The molecule has 0 radical (unpaired) electrons. The highest BCUT2D eigenvalue weighted by Crippen LogP contribution is 2.37. The van der Waals surface area contributed by atoms with Crippen molar-refractivity contribution in [1.82, 2.24) is 10.3 Å². The van der Waals surface area contributed by atoms with Crippen LogP contribution in [0, 0.1) is 0 Å². The van der Waals surface area contributed by atoms with Gasteiger partial charge < -0.3 is 39.6 Å². The molecule has 1 N–H and O–H groups in total. The normalized spacial score (nSPS) is 11.0. The van der Waals surface area contributed by atoms with E-state index in [1.807, 2.05) is 42.5 Å². The molecule has 1 heterocycles. The molecule has 0 fully saturated rings. The second kappa shape index (κ2) is 12.6. The van der Waals surface area contributed by atoms with Crippen molar-refractivity contribution in [3.63, 3.8) is 0 Å². The summed E-state index contributed by atoms with van der Waals surface area (Å²) in [6.45, 7) is 3.20. The molecule has 0 saturated heterocycles. The van der Waals surface area contributed by atoms with Gasteiger partial charge in [-0.15, -0.1) is 0 Å². The van der Waals surface area contributed by atoms with Crippen LogP contribution in [0.25, 0.3) is 0 Å². The van der Waals surface area contributed by atoms with E-state index in [9.17, 15) is 0 Å². The largest absolute Gasteiger partial charge is 1.00 e. The van der Waals surface area contributed by atoms with Crippen LogP contribution in [-0.4, -0.2) is 12.1 Å². The van der Waals surface area contributed by atoms with Crippen LogP contribution in [0.15, 0.2) is 67.0 Å². The van der Waals surface area contributed by atoms with Crippen LogP contribution in [0.2, 0.25) is 5.02 Å². The number of nitrogens with zero attached hydrogens (tertiary/aromatic N) is 1. The molecule has 0 saturated carbocycles. The van der Waals surface area contributed by atoms with E-state index in [1.165, 1.54) is 5.56 Å². The number of ether oxygens (including phenoxy) is 2. The first kappa shape index (κ1) is 25.1. The standard InChI is InChI=1S/C22H23ClN2O2.2ClH/c1-16(19-8-4-3-5-9-19)25-14-18-11-20(23)22(21(12-18)26-2)27-15-17-7-6-10-24-13-17;;/h3-13,16,25H,14-15H2,1-2H3;2*1H/p-2. The molecule has 0 aliphatic heterocycles. The molecule has 1 aromatic heterocycles. The maximum absolute atomic E-state index is 6.46. The first-order valence-corrected chi connectivity index (χ1v) is 9.21. The summed E-state index contributed by atoms with van der Waals surface area (Å²) >= 11 is 6.46. The summed E-state index contributed by atoms with van der Waals surface area (Å²) in [6.07, 6.45) is 3.50. The Morgan fingerprint density at radius 2 is 1.79 bits per heavy atom. The van der Waals surface area contributed by atoms with Crippen molar-refractivity contribution >= 4 is 11.6 Å². The molecule has 7 heteroatoms. The zero-order valence-corrected chi connectivity index (χ0v) is 18.5. The molecule has 3 aromatic rings. The second-order valence-corrected chi connectivity index (χ2v) is 6.68. The molecule has 1 unspecified atom stereocenters. The van der Waals surface area contributed by atoms with Gasteiger partial charge in [0, 0.05) is 30.5 Å². The van der Waals surface area contributed by atoms with Gasteiger partial charge in [0.15, 0.2) is 11.5 Å². The highest BCUT2D eigenvalue weighted by atomic mass is 35.5. The Kier molecular flexibility index (Phi) is 10.8. The third-order valence-corrected chi connectivity index (χ3v) is 4.59. The van der Waals surface area contributed by atoms with E-state index >= 15 is 0 Å². The third-order valence-electron chi connectivity index (χ3n) is 4.31. The minimum Gasteiger partial charge on any atom is -1.00 e. The van der Waals surface area contributed by atoms with E-state index in [-0.39, 0.29) is 30.9 Å². The summed E-state index contributed by atoms with van der Waals surface area (Å²) in [7, 11) is 1.62. The van der Waals surface area contributed by atoms with Crippen LogP contribution in [0.4, 0.5) is 0 Å². The van der Waals surface area contributed by atoms with Gasteiger partial charge in [0.1, 0.15) is 6.61 Å². The average Bonchev–Trinajstić information content (AvgIpc) is 2.72. The lowest BCUT2D eigenvalue weighted by Crippen LogP contribution is -3.00. The summed E-state index contributed by atoms with van der Waals surface area (Å²) in [6, 6.07) is 18.3. The van der Waals surface area contributed by atoms with Gasteiger partial charge >= 0.3 is 0 Å². The number of rotatable bonds is 8. The first-order valence-electron chi connectivity index (χ1n) is 8.84. The van der Waals surface area contributed by atoms with Gasteiger partial charge in [-0.1, -0.05) is 48.0 Å². The minimum atomic E-state index is 0. The SMILES string of the molecule is COc1cc(CNC(C)c2ccccc2)cc(Cl)c1OCc1cccnc1.[Cl-].[Cl-]. The molecule has 0 amide bonds. The molecule has 156 valence electrons. The number of nitrogens with one attached hydrogen (secondary N) is 1. The molecule has 0 aliphatic rings. The Hall–Kier alpha value is -1.98. The van der Waals surface area contributed by atoms with Crippen molar-refractivity contribution < 1.29 is 34.3 Å². The molecule has 2 aromatic carbocycles. The number of methoxy groups -OCH3 is 1. The number of hydrogen-bond acceptors (Lipinski definition) is 4. The number of aromatic nitrogens is 1. The summed E-state index contributed by atoms with van der Waals surface area (Å²) in [4.78, 5) is 4.09. The third kappa shape index (κ3) is 7.09. The maximum Gasteiger partial charge on any atom is 0.180 e. The number of halogens is 3. The number of benzene rings is 2. The van der Waals surface area contributed by atoms with Gasteiger partial charge in [-0.3, -0.25) is 4.98 Å². The zero-order valence-electron chi connectivity index (χ0n) is 16.2. The van der Waals surface area contributed by atoms with Crippen LogP contribution in [0.3, 0.4) is 0 Å². The van der Waals surface area contributed by atoms with E-state index in [2.05, 4.69) is 29.4 Å². The van der Waals surface area contributed by atoms with Gasteiger partial charge in [0.2, 0.25) is 0 Å². The lowest BCUT2D eigenvalue weighted by molar-refractivity contribution is -0.001000. The molecule has 3 rings (SSSR count). The average molecular weight is 454 g/mol. The highest BCUT2D eigenvalue weighted by Gasteiger charge is 2.13. The molecular weight excluding hydrogens is 431 g/mol. The molecule has 0 bridgehead atoms. The number of hydrogen-bond donors (Lipinski definition) is 1. The lowest BCUT2D eigenvalue weighted by Gasteiger charge is -2.17.